The van der Waals surface area contributed by atoms with Gasteiger partial charge in [0, 0.05) is 36.7 Å². The highest BCUT2D eigenvalue weighted by Gasteiger charge is 2.24. The molecule has 0 saturated heterocycles. The average molecular weight is 423 g/mol. The van der Waals surface area contributed by atoms with Gasteiger partial charge in [-0.3, -0.25) is 24.3 Å². The Bertz CT molecular complexity index is 983. The van der Waals surface area contributed by atoms with Gasteiger partial charge in [0.05, 0.1) is 30.7 Å². The Morgan fingerprint density at radius 2 is 1.94 bits per heavy atom. The SMILES string of the molecule is CN(CC(=O)NC1CCC(n2cc(-c3cnccn3)cn2)CC1)Cc1ccc(F)cc1. The van der Waals surface area contributed by atoms with Crippen LogP contribution in [-0.2, 0) is 11.3 Å². The molecule has 2 heterocycles. The highest BCUT2D eigenvalue weighted by atomic mass is 19.1. The number of hydrogen-bond acceptors (Lipinski definition) is 5. The first-order valence-electron chi connectivity index (χ1n) is 10.6. The van der Waals surface area contributed by atoms with Crippen LogP contribution in [0.3, 0.4) is 0 Å². The number of carbonyl (C=O) groups excluding carboxylic acids is 1. The first-order chi connectivity index (χ1) is 15.1. The number of rotatable bonds is 7. The van der Waals surface area contributed by atoms with E-state index in [1.165, 1.54) is 12.1 Å². The van der Waals surface area contributed by atoms with Crippen LogP contribution < -0.4 is 5.32 Å². The van der Waals surface area contributed by atoms with E-state index in [0.29, 0.717) is 19.1 Å². The van der Waals surface area contributed by atoms with Crippen molar-refractivity contribution in [2.24, 2.45) is 0 Å². The van der Waals surface area contributed by atoms with Gasteiger partial charge in [-0.1, -0.05) is 12.1 Å². The van der Waals surface area contributed by atoms with Crippen LogP contribution in [0.2, 0.25) is 0 Å². The summed E-state index contributed by atoms with van der Waals surface area (Å²) in [4.78, 5) is 22.8. The molecule has 1 saturated carbocycles. The number of benzene rings is 1. The van der Waals surface area contributed by atoms with Crippen molar-refractivity contribution in [3.8, 4) is 11.3 Å². The highest BCUT2D eigenvalue weighted by molar-refractivity contribution is 5.78. The molecule has 0 spiro atoms. The summed E-state index contributed by atoms with van der Waals surface area (Å²) in [5, 5.41) is 7.68. The van der Waals surface area contributed by atoms with Gasteiger partial charge in [0.2, 0.25) is 5.91 Å². The summed E-state index contributed by atoms with van der Waals surface area (Å²) in [5.74, 6) is -0.225. The minimum Gasteiger partial charge on any atom is -0.352 e. The Balaban J connectivity index is 1.22. The third-order valence-corrected chi connectivity index (χ3v) is 5.68. The highest BCUT2D eigenvalue weighted by Crippen LogP contribution is 2.29. The van der Waals surface area contributed by atoms with E-state index in [1.807, 2.05) is 29.0 Å². The van der Waals surface area contributed by atoms with Gasteiger partial charge in [0.15, 0.2) is 0 Å². The van der Waals surface area contributed by atoms with Crippen LogP contribution in [0.15, 0.2) is 55.2 Å². The molecule has 1 aliphatic rings. The molecular formula is C23H27FN6O. The van der Waals surface area contributed by atoms with E-state index in [1.54, 1.807) is 30.7 Å². The van der Waals surface area contributed by atoms with Crippen molar-refractivity contribution in [2.45, 2.75) is 44.3 Å². The van der Waals surface area contributed by atoms with E-state index in [-0.39, 0.29) is 17.8 Å². The topological polar surface area (TPSA) is 75.9 Å². The maximum Gasteiger partial charge on any atom is 0.234 e. The van der Waals surface area contributed by atoms with Crippen molar-refractivity contribution in [3.63, 3.8) is 0 Å². The van der Waals surface area contributed by atoms with Gasteiger partial charge in [-0.25, -0.2) is 4.39 Å². The smallest absolute Gasteiger partial charge is 0.234 e. The number of likely N-dealkylation sites (N-methyl/N-ethyl adjacent to an activating group) is 1. The van der Waals surface area contributed by atoms with Crippen molar-refractivity contribution < 1.29 is 9.18 Å². The molecule has 0 atom stereocenters. The summed E-state index contributed by atoms with van der Waals surface area (Å²) in [5.41, 5.74) is 2.77. The molecule has 3 aromatic rings. The monoisotopic (exact) mass is 422 g/mol. The second-order valence-electron chi connectivity index (χ2n) is 8.17. The Labute approximate surface area is 181 Å². The number of aromatic nitrogens is 4. The summed E-state index contributed by atoms with van der Waals surface area (Å²) >= 11 is 0. The Morgan fingerprint density at radius 1 is 1.16 bits per heavy atom. The molecule has 2 aromatic heterocycles. The van der Waals surface area contributed by atoms with E-state index >= 15 is 0 Å². The van der Waals surface area contributed by atoms with Gasteiger partial charge in [-0.15, -0.1) is 0 Å². The third-order valence-electron chi connectivity index (χ3n) is 5.68. The van der Waals surface area contributed by atoms with Gasteiger partial charge in [0.1, 0.15) is 5.82 Å². The first kappa shape index (κ1) is 21.1. The molecule has 162 valence electrons. The average Bonchev–Trinajstić information content (AvgIpc) is 3.27. The molecule has 1 aromatic carbocycles. The van der Waals surface area contributed by atoms with Crippen molar-refractivity contribution in [3.05, 3.63) is 66.6 Å². The fraction of sp³-hybridized carbons (Fsp3) is 0.391. The molecule has 1 aliphatic carbocycles. The van der Waals surface area contributed by atoms with E-state index in [2.05, 4.69) is 20.4 Å². The van der Waals surface area contributed by atoms with Crippen LogP contribution in [0.25, 0.3) is 11.3 Å². The summed E-state index contributed by atoms with van der Waals surface area (Å²) < 4.78 is 15.0. The normalized spacial score (nSPS) is 18.8. The van der Waals surface area contributed by atoms with Crippen LogP contribution >= 0.6 is 0 Å². The molecule has 7 nitrogen and oxygen atoms in total. The van der Waals surface area contributed by atoms with Crippen molar-refractivity contribution in [1.82, 2.24) is 30.0 Å². The predicted molar refractivity (Wildman–Crippen MR) is 115 cm³/mol. The molecule has 1 fully saturated rings. The number of nitrogens with one attached hydrogen (secondary N) is 1. The Kier molecular flexibility index (Phi) is 6.66. The Morgan fingerprint density at radius 3 is 2.65 bits per heavy atom. The minimum absolute atomic E-state index is 0.0251. The molecule has 0 unspecified atom stereocenters. The van der Waals surface area contributed by atoms with Crippen LogP contribution in [0, 0.1) is 5.82 Å². The molecule has 0 aliphatic heterocycles. The fourth-order valence-electron chi connectivity index (χ4n) is 4.08. The molecular weight excluding hydrogens is 395 g/mol. The second kappa shape index (κ2) is 9.78. The maximum absolute atomic E-state index is 13.0. The molecule has 4 rings (SSSR count). The number of halogens is 1. The quantitative estimate of drug-likeness (QED) is 0.633. The van der Waals surface area contributed by atoms with Gasteiger partial charge in [-0.2, -0.15) is 5.10 Å². The largest absolute Gasteiger partial charge is 0.352 e. The lowest BCUT2D eigenvalue weighted by atomic mass is 9.91. The lowest BCUT2D eigenvalue weighted by Crippen LogP contribution is -2.42. The first-order valence-corrected chi connectivity index (χ1v) is 10.6. The van der Waals surface area contributed by atoms with Gasteiger partial charge < -0.3 is 5.32 Å². The molecule has 0 bridgehead atoms. The van der Waals surface area contributed by atoms with Gasteiger partial charge >= 0.3 is 0 Å². The van der Waals surface area contributed by atoms with E-state index in [0.717, 1.165) is 42.5 Å². The van der Waals surface area contributed by atoms with E-state index in [4.69, 9.17) is 0 Å². The second-order valence-corrected chi connectivity index (χ2v) is 8.17. The lowest BCUT2D eigenvalue weighted by Gasteiger charge is -2.29. The number of carbonyl (C=O) groups is 1. The molecule has 1 N–H and O–H groups in total. The molecule has 0 radical (unpaired) electrons. The van der Waals surface area contributed by atoms with Crippen LogP contribution in [-0.4, -0.2) is 50.2 Å². The van der Waals surface area contributed by atoms with E-state index < -0.39 is 0 Å². The van der Waals surface area contributed by atoms with Crippen molar-refractivity contribution in [1.29, 1.82) is 0 Å². The summed E-state index contributed by atoms with van der Waals surface area (Å²) in [7, 11) is 1.90. The summed E-state index contributed by atoms with van der Waals surface area (Å²) in [6, 6.07) is 6.90. The lowest BCUT2D eigenvalue weighted by molar-refractivity contribution is -0.123. The standard InChI is InChI=1S/C23H27FN6O/c1-29(14-17-2-4-19(24)5-3-17)16-23(31)28-20-6-8-21(9-7-20)30-15-18(12-27-30)22-13-25-10-11-26-22/h2-5,10-13,15,20-21H,6-9,14,16H2,1H3,(H,28,31). The fourth-order valence-corrected chi connectivity index (χ4v) is 4.08. The zero-order chi connectivity index (χ0) is 21.6. The zero-order valence-electron chi connectivity index (χ0n) is 17.6. The summed E-state index contributed by atoms with van der Waals surface area (Å²) in [6.07, 6.45) is 12.7. The third kappa shape index (κ3) is 5.73. The molecule has 8 heteroatoms. The Hall–Kier alpha value is -3.13. The van der Waals surface area contributed by atoms with Crippen molar-refractivity contribution >= 4 is 5.91 Å². The molecule has 31 heavy (non-hydrogen) atoms. The number of nitrogens with zero attached hydrogens (tertiary/aromatic N) is 5. The van der Waals surface area contributed by atoms with Crippen molar-refractivity contribution in [2.75, 3.05) is 13.6 Å². The minimum atomic E-state index is -0.250. The zero-order valence-corrected chi connectivity index (χ0v) is 17.6. The van der Waals surface area contributed by atoms with Crippen LogP contribution in [0.1, 0.15) is 37.3 Å². The van der Waals surface area contributed by atoms with Crippen LogP contribution in [0.4, 0.5) is 4.39 Å². The van der Waals surface area contributed by atoms with E-state index in [9.17, 15) is 9.18 Å². The molecule has 1 amide bonds. The van der Waals surface area contributed by atoms with Crippen LogP contribution in [0.5, 0.6) is 0 Å². The number of amides is 1. The van der Waals surface area contributed by atoms with Gasteiger partial charge in [0.25, 0.3) is 0 Å². The maximum atomic E-state index is 13.0. The van der Waals surface area contributed by atoms with Gasteiger partial charge in [-0.05, 0) is 50.4 Å². The number of hydrogen-bond donors (Lipinski definition) is 1. The summed E-state index contributed by atoms with van der Waals surface area (Å²) in [6.45, 7) is 0.922. The predicted octanol–water partition coefficient (Wildman–Crippen LogP) is 3.21.